The average molecular weight is 748 g/mol. The van der Waals surface area contributed by atoms with E-state index in [0.717, 1.165) is 16.7 Å². The minimum atomic E-state index is -2.67. The van der Waals surface area contributed by atoms with Gasteiger partial charge in [-0.1, -0.05) is 68.4 Å². The lowest BCUT2D eigenvalue weighted by atomic mass is 9.79. The third-order valence-electron chi connectivity index (χ3n) is 9.38. The molecule has 3 N–H and O–H groups in total. The topological polar surface area (TPSA) is 168 Å². The van der Waals surface area contributed by atoms with E-state index in [1.54, 1.807) is 32.6 Å². The number of H-pyrrole nitrogens is 1. The van der Waals surface area contributed by atoms with Gasteiger partial charge in [0.05, 0.1) is 33.8 Å². The zero-order valence-electron chi connectivity index (χ0n) is 28.8. The number of imidazole rings is 1. The third-order valence-corrected chi connectivity index (χ3v) is 10.1. The molecule has 0 aliphatic carbocycles. The Morgan fingerprint density at radius 2 is 1.67 bits per heavy atom. The highest BCUT2D eigenvalue weighted by Gasteiger charge is 2.64. The van der Waals surface area contributed by atoms with E-state index in [0.29, 0.717) is 11.5 Å². The molecular formula is C36H38N5O9PS. The highest BCUT2D eigenvalue weighted by atomic mass is 32.4. The van der Waals surface area contributed by atoms with E-state index in [9.17, 15) is 14.5 Å². The number of nitrogens with zero attached hydrogens (tertiary/aromatic N) is 3. The van der Waals surface area contributed by atoms with Gasteiger partial charge in [-0.3, -0.25) is 24.5 Å². The molecule has 0 spiro atoms. The minimum Gasteiger partial charge on any atom is -0.497 e. The minimum absolute atomic E-state index is 0.0361. The fourth-order valence-electron chi connectivity index (χ4n) is 6.74. The highest BCUT2D eigenvalue weighted by Crippen LogP contribution is 2.51. The molecule has 5 aromatic rings. The molecule has 3 aromatic carbocycles. The van der Waals surface area contributed by atoms with Crippen LogP contribution in [0.1, 0.15) is 36.8 Å². The van der Waals surface area contributed by atoms with Gasteiger partial charge in [0.1, 0.15) is 34.9 Å². The quantitative estimate of drug-likeness (QED) is 0.116. The molecule has 5 atom stereocenters. The van der Waals surface area contributed by atoms with Crippen molar-refractivity contribution in [2.75, 3.05) is 32.8 Å². The Morgan fingerprint density at radius 1 is 1.06 bits per heavy atom. The van der Waals surface area contributed by atoms with Gasteiger partial charge in [-0.2, -0.15) is 4.98 Å². The number of methoxy groups -OCH3 is 2. The van der Waals surface area contributed by atoms with E-state index in [1.165, 1.54) is 6.33 Å². The maximum absolute atomic E-state index is 13.0. The van der Waals surface area contributed by atoms with Crippen LogP contribution in [-0.2, 0) is 40.9 Å². The molecule has 2 aromatic heterocycles. The fourth-order valence-corrected chi connectivity index (χ4v) is 7.62. The Kier molecular flexibility index (Phi) is 10.0. The number of nitrogens with one attached hydrogen (secondary N) is 2. The molecular weight excluding hydrogens is 709 g/mol. The molecule has 52 heavy (non-hydrogen) atoms. The van der Waals surface area contributed by atoms with Gasteiger partial charge in [0.2, 0.25) is 11.9 Å². The van der Waals surface area contributed by atoms with Crippen molar-refractivity contribution >= 4 is 42.0 Å². The number of rotatable bonds is 13. The van der Waals surface area contributed by atoms with E-state index >= 15 is 0 Å². The van der Waals surface area contributed by atoms with Gasteiger partial charge in [-0.25, -0.2) is 4.98 Å². The summed E-state index contributed by atoms with van der Waals surface area (Å²) < 4.78 is 38.9. The van der Waals surface area contributed by atoms with Crippen molar-refractivity contribution in [3.8, 4) is 11.5 Å². The van der Waals surface area contributed by atoms with Gasteiger partial charge >= 0.3 is 0 Å². The molecule has 14 nitrogen and oxygen atoms in total. The van der Waals surface area contributed by atoms with Crippen molar-refractivity contribution in [2.45, 2.75) is 43.5 Å². The summed E-state index contributed by atoms with van der Waals surface area (Å²) in [6.45, 7) is 3.42. The van der Waals surface area contributed by atoms with E-state index in [2.05, 4.69) is 20.3 Å². The molecule has 2 fully saturated rings. The Hall–Kier alpha value is -4.47. The van der Waals surface area contributed by atoms with Crippen molar-refractivity contribution in [1.29, 1.82) is 0 Å². The summed E-state index contributed by atoms with van der Waals surface area (Å²) >= 11 is 5.19. The van der Waals surface area contributed by atoms with Crippen LogP contribution in [0.3, 0.4) is 0 Å². The lowest BCUT2D eigenvalue weighted by Crippen LogP contribution is -2.48. The second-order valence-electron chi connectivity index (χ2n) is 12.8. The number of aromatic amines is 1. The molecule has 2 saturated heterocycles. The number of anilines is 1. The zero-order chi connectivity index (χ0) is 36.6. The highest BCUT2D eigenvalue weighted by molar-refractivity contribution is 8.00. The van der Waals surface area contributed by atoms with Gasteiger partial charge < -0.3 is 33.1 Å². The van der Waals surface area contributed by atoms with Gasteiger partial charge in [0, 0.05) is 5.92 Å². The summed E-state index contributed by atoms with van der Waals surface area (Å²) in [6, 6.07) is 25.1. The Morgan fingerprint density at radius 3 is 2.25 bits per heavy atom. The Balaban J connectivity index is 1.31. The van der Waals surface area contributed by atoms with E-state index in [-0.39, 0.29) is 42.2 Å². The summed E-state index contributed by atoms with van der Waals surface area (Å²) in [6.07, 6.45) is -1.16. The zero-order valence-corrected chi connectivity index (χ0v) is 30.6. The summed E-state index contributed by atoms with van der Waals surface area (Å²) in [5.41, 5.74) is -0.388. The number of fused-ring (bicyclic) bond motifs is 3. The van der Waals surface area contributed by atoms with Crippen molar-refractivity contribution < 1.29 is 37.9 Å². The van der Waals surface area contributed by atoms with Gasteiger partial charge in [-0.15, -0.1) is 0 Å². The molecule has 1 amide bonds. The van der Waals surface area contributed by atoms with Crippen LogP contribution in [0.4, 0.5) is 5.95 Å². The Bertz CT molecular complexity index is 2100. The molecule has 0 radical (unpaired) electrons. The number of aromatic nitrogens is 4. The van der Waals surface area contributed by atoms with Gasteiger partial charge in [0.25, 0.3) is 5.56 Å². The number of amides is 1. The molecule has 7 rings (SSSR count). The SMILES string of the molecule is COc1ccc(C(OC[C@]23COC(C2O[PH](O)=S)[C@H](n2cnc4c(=O)[nH]c(NC(=O)C(C)C)nc42)O3)(c2ccccc2)c2ccc(OC)cc2)cc1. The summed E-state index contributed by atoms with van der Waals surface area (Å²) in [5, 5.41) is 2.63. The molecule has 272 valence electrons. The fraction of sp³-hybridized carbons (Fsp3) is 0.333. The first-order chi connectivity index (χ1) is 25.1. The maximum atomic E-state index is 13.0. The van der Waals surface area contributed by atoms with E-state index in [1.807, 2.05) is 78.9 Å². The van der Waals surface area contributed by atoms with E-state index < -0.39 is 42.3 Å². The normalized spacial score (nSPS) is 21.8. The molecule has 3 unspecified atom stereocenters. The second kappa shape index (κ2) is 14.5. The van der Waals surface area contributed by atoms with Crippen LogP contribution in [0, 0.1) is 5.92 Å². The lowest BCUT2D eigenvalue weighted by Gasteiger charge is -2.40. The molecule has 2 aliphatic heterocycles. The van der Waals surface area contributed by atoms with Crippen LogP contribution >= 0.6 is 7.15 Å². The maximum Gasteiger partial charge on any atom is 0.280 e. The van der Waals surface area contributed by atoms with Crippen LogP contribution < -0.4 is 20.3 Å². The number of carbonyl (C=O) groups excluding carboxylic acids is 1. The molecule has 16 heteroatoms. The number of hydrogen-bond acceptors (Lipinski definition) is 11. The van der Waals surface area contributed by atoms with Crippen LogP contribution in [0.2, 0.25) is 0 Å². The van der Waals surface area contributed by atoms with Crippen molar-refractivity contribution in [2.24, 2.45) is 5.92 Å². The molecule has 2 bridgehead atoms. The third kappa shape index (κ3) is 6.43. The summed E-state index contributed by atoms with van der Waals surface area (Å²) in [7, 11) is 0.541. The number of benzene rings is 3. The summed E-state index contributed by atoms with van der Waals surface area (Å²) in [5.74, 6) is 0.646. The predicted molar refractivity (Wildman–Crippen MR) is 195 cm³/mol. The largest absolute Gasteiger partial charge is 0.497 e. The number of carbonyl (C=O) groups is 1. The van der Waals surface area contributed by atoms with Crippen molar-refractivity contribution in [3.05, 3.63) is 112 Å². The first kappa shape index (κ1) is 35.9. The van der Waals surface area contributed by atoms with Gasteiger partial charge in [-0.05, 0) is 52.8 Å². The predicted octanol–water partition coefficient (Wildman–Crippen LogP) is 4.29. The van der Waals surface area contributed by atoms with Crippen LogP contribution in [0.15, 0.2) is 90.0 Å². The Labute approximate surface area is 304 Å². The lowest BCUT2D eigenvalue weighted by molar-refractivity contribution is -0.201. The summed E-state index contributed by atoms with van der Waals surface area (Å²) in [4.78, 5) is 47.3. The average Bonchev–Trinajstić information content (AvgIpc) is 3.82. The first-order valence-corrected chi connectivity index (χ1v) is 19.0. The molecule has 2 aliphatic rings. The smallest absolute Gasteiger partial charge is 0.280 e. The standard InChI is InChI=1S/C36H38N5O9PS/c1-21(2)31(42)39-34-38-30-27(32(43)40-34)37-20-41(30)33-28-29(50-51(44)52)35(49-33,18-47-28)19-48-36(22-8-6-5-7-9-22,23-10-14-25(45-3)15-11-23)24-12-16-26(46-4)17-13-24/h5-17,20-21,28-29,33,51H,18-19H2,1-4H3,(H,44,52)(H2,38,39,40,42,43)/t28?,29?,33-,35-/m1/s1. The van der Waals surface area contributed by atoms with Crippen molar-refractivity contribution in [3.63, 3.8) is 0 Å². The van der Waals surface area contributed by atoms with Crippen molar-refractivity contribution in [1.82, 2.24) is 19.5 Å². The van der Waals surface area contributed by atoms with E-state index in [4.69, 9.17) is 40.0 Å². The molecule has 4 heterocycles. The number of hydrogen-bond donors (Lipinski definition) is 3. The second-order valence-corrected chi connectivity index (χ2v) is 14.6. The van der Waals surface area contributed by atoms with Gasteiger partial charge in [0.15, 0.2) is 24.5 Å². The monoisotopic (exact) mass is 747 g/mol. The van der Waals surface area contributed by atoms with Crippen LogP contribution in [0.5, 0.6) is 11.5 Å². The number of ether oxygens (including phenoxy) is 5. The van der Waals surface area contributed by atoms with Crippen LogP contribution in [-0.4, -0.2) is 75.6 Å². The molecule has 0 saturated carbocycles. The van der Waals surface area contributed by atoms with Crippen LogP contribution in [0.25, 0.3) is 11.2 Å². The first-order valence-electron chi connectivity index (χ1n) is 16.5.